The number of anilines is 1. The Labute approximate surface area is 125 Å². The number of halogens is 2. The summed E-state index contributed by atoms with van der Waals surface area (Å²) in [6, 6.07) is -0.178. The van der Waals surface area contributed by atoms with Gasteiger partial charge < -0.3 is 11.1 Å². The lowest BCUT2D eigenvalue weighted by Gasteiger charge is -2.36. The van der Waals surface area contributed by atoms with Crippen molar-refractivity contribution in [2.75, 3.05) is 5.32 Å². The Balaban J connectivity index is 1.87. The number of alkyl halides is 2. The maximum Gasteiger partial charge on any atom is 0.264 e. The predicted octanol–water partition coefficient (Wildman–Crippen LogP) is 1.86. The minimum atomic E-state index is -2.87. The van der Waals surface area contributed by atoms with Crippen molar-refractivity contribution < 1.29 is 13.6 Å². The molecule has 0 aliphatic heterocycles. The Morgan fingerprint density at radius 1 is 1.55 bits per heavy atom. The maximum atomic E-state index is 13.7. The molecule has 1 aliphatic rings. The maximum absolute atomic E-state index is 13.7. The monoisotopic (exact) mass is 309 g/mol. The normalized spacial score (nSPS) is 24.4. The van der Waals surface area contributed by atoms with Crippen molar-refractivity contribution in [1.82, 2.24) is 14.6 Å². The van der Waals surface area contributed by atoms with Crippen molar-refractivity contribution in [3.05, 3.63) is 24.0 Å². The second kappa shape index (κ2) is 5.28. The number of ketones is 1. The van der Waals surface area contributed by atoms with Gasteiger partial charge in [-0.3, -0.25) is 4.79 Å². The Morgan fingerprint density at radius 3 is 3.05 bits per heavy atom. The van der Waals surface area contributed by atoms with Gasteiger partial charge in [0.1, 0.15) is 5.82 Å². The number of fused-ring (bicyclic) bond motifs is 1. The standard InChI is InChI=1S/C14H17F2N5O/c1-8(22)9-7-18-21-6-4-11(20-13(9)21)19-10-3-2-5-14(15,16)12(10)17/h4,6-7,10,12H,2-3,5,17H2,1H3,(H,19,20)/t10-,12-/m1/s1. The highest BCUT2D eigenvalue weighted by atomic mass is 19.3. The highest BCUT2D eigenvalue weighted by Gasteiger charge is 2.44. The topological polar surface area (TPSA) is 85.3 Å². The molecule has 6 nitrogen and oxygen atoms in total. The average molecular weight is 309 g/mol. The Hall–Kier alpha value is -2.09. The van der Waals surface area contributed by atoms with E-state index in [1.165, 1.54) is 17.6 Å². The number of nitrogens with one attached hydrogen (secondary N) is 1. The summed E-state index contributed by atoms with van der Waals surface area (Å²) in [4.78, 5) is 15.8. The van der Waals surface area contributed by atoms with Crippen LogP contribution in [0.25, 0.3) is 5.65 Å². The molecule has 0 spiro atoms. The number of nitrogens with zero attached hydrogens (tertiary/aromatic N) is 3. The van der Waals surface area contributed by atoms with E-state index < -0.39 is 18.0 Å². The molecule has 2 aromatic rings. The van der Waals surface area contributed by atoms with E-state index in [9.17, 15) is 13.6 Å². The summed E-state index contributed by atoms with van der Waals surface area (Å²) in [5.74, 6) is -2.62. The summed E-state index contributed by atoms with van der Waals surface area (Å²) in [5, 5.41) is 6.99. The third-order valence-corrected chi connectivity index (χ3v) is 4.03. The molecule has 0 aromatic carbocycles. The summed E-state index contributed by atoms with van der Waals surface area (Å²) >= 11 is 0. The molecule has 1 fully saturated rings. The second-order valence-corrected chi connectivity index (χ2v) is 5.63. The third-order valence-electron chi connectivity index (χ3n) is 4.03. The summed E-state index contributed by atoms with van der Waals surface area (Å²) in [5.41, 5.74) is 6.45. The van der Waals surface area contributed by atoms with E-state index in [0.29, 0.717) is 29.9 Å². The molecule has 8 heteroatoms. The molecule has 0 saturated heterocycles. The zero-order valence-electron chi connectivity index (χ0n) is 12.1. The molecule has 2 aromatic heterocycles. The van der Waals surface area contributed by atoms with Crippen molar-refractivity contribution >= 4 is 17.2 Å². The van der Waals surface area contributed by atoms with Gasteiger partial charge in [0.05, 0.1) is 17.8 Å². The minimum absolute atomic E-state index is 0.152. The number of Topliss-reactive ketones (excluding diaryl/α,β-unsaturated/α-hetero) is 1. The molecule has 0 radical (unpaired) electrons. The van der Waals surface area contributed by atoms with E-state index in [-0.39, 0.29) is 12.2 Å². The Morgan fingerprint density at radius 2 is 2.32 bits per heavy atom. The fourth-order valence-corrected chi connectivity index (χ4v) is 2.75. The van der Waals surface area contributed by atoms with Crippen molar-refractivity contribution in [3.8, 4) is 0 Å². The molecule has 3 N–H and O–H groups in total. The number of nitrogens with two attached hydrogens (primary N) is 1. The van der Waals surface area contributed by atoms with Crippen LogP contribution in [-0.2, 0) is 0 Å². The van der Waals surface area contributed by atoms with Gasteiger partial charge in [-0.15, -0.1) is 0 Å². The minimum Gasteiger partial charge on any atom is -0.365 e. The lowest BCUT2D eigenvalue weighted by atomic mass is 9.87. The zero-order chi connectivity index (χ0) is 15.9. The zero-order valence-corrected chi connectivity index (χ0v) is 12.1. The van der Waals surface area contributed by atoms with E-state index in [0.717, 1.165) is 0 Å². The average Bonchev–Trinajstić information content (AvgIpc) is 2.87. The van der Waals surface area contributed by atoms with Gasteiger partial charge in [0, 0.05) is 18.7 Å². The molecule has 3 rings (SSSR count). The molecule has 0 bridgehead atoms. The Kier molecular flexibility index (Phi) is 3.56. The number of hydrogen-bond acceptors (Lipinski definition) is 5. The molecule has 2 atom stereocenters. The van der Waals surface area contributed by atoms with Crippen LogP contribution < -0.4 is 11.1 Å². The number of carbonyl (C=O) groups excluding carboxylic acids is 1. The summed E-state index contributed by atoms with van der Waals surface area (Å²) in [6.07, 6.45) is 3.85. The van der Waals surface area contributed by atoms with Crippen LogP contribution in [0.5, 0.6) is 0 Å². The first-order valence-corrected chi connectivity index (χ1v) is 7.14. The van der Waals surface area contributed by atoms with Crippen molar-refractivity contribution in [3.63, 3.8) is 0 Å². The summed E-state index contributed by atoms with van der Waals surface area (Å²) in [6.45, 7) is 1.43. The molecular formula is C14H17F2N5O. The van der Waals surface area contributed by atoms with Crippen LogP contribution in [0.4, 0.5) is 14.6 Å². The van der Waals surface area contributed by atoms with Crippen molar-refractivity contribution in [2.45, 2.75) is 44.2 Å². The van der Waals surface area contributed by atoms with Gasteiger partial charge in [0.2, 0.25) is 0 Å². The van der Waals surface area contributed by atoms with E-state index in [2.05, 4.69) is 15.4 Å². The van der Waals surface area contributed by atoms with Crippen LogP contribution in [0.2, 0.25) is 0 Å². The lowest BCUT2D eigenvalue weighted by molar-refractivity contribution is -0.0554. The van der Waals surface area contributed by atoms with E-state index in [1.807, 2.05) is 0 Å². The van der Waals surface area contributed by atoms with E-state index in [4.69, 9.17) is 5.73 Å². The van der Waals surface area contributed by atoms with Gasteiger partial charge in [-0.25, -0.2) is 18.3 Å². The molecule has 1 saturated carbocycles. The van der Waals surface area contributed by atoms with Crippen LogP contribution in [0, 0.1) is 0 Å². The van der Waals surface area contributed by atoms with Gasteiger partial charge >= 0.3 is 0 Å². The molecule has 0 amide bonds. The predicted molar refractivity (Wildman–Crippen MR) is 77.2 cm³/mol. The molecule has 0 unspecified atom stereocenters. The van der Waals surface area contributed by atoms with Gasteiger partial charge in [-0.05, 0) is 25.8 Å². The number of rotatable bonds is 3. The van der Waals surface area contributed by atoms with Crippen LogP contribution in [-0.4, -0.2) is 38.4 Å². The molecule has 22 heavy (non-hydrogen) atoms. The van der Waals surface area contributed by atoms with Gasteiger partial charge in [0.15, 0.2) is 11.4 Å². The van der Waals surface area contributed by atoms with E-state index in [1.54, 1.807) is 12.3 Å². The summed E-state index contributed by atoms with van der Waals surface area (Å²) < 4.78 is 28.8. The third kappa shape index (κ3) is 2.54. The number of aromatic nitrogens is 3. The number of hydrogen-bond donors (Lipinski definition) is 2. The van der Waals surface area contributed by atoms with Crippen molar-refractivity contribution in [2.24, 2.45) is 5.73 Å². The van der Waals surface area contributed by atoms with Crippen LogP contribution in [0.15, 0.2) is 18.5 Å². The number of carbonyl (C=O) groups is 1. The molecule has 118 valence electrons. The highest BCUT2D eigenvalue weighted by Crippen LogP contribution is 2.33. The van der Waals surface area contributed by atoms with Gasteiger partial charge in [0.25, 0.3) is 5.92 Å². The van der Waals surface area contributed by atoms with Crippen LogP contribution in [0.1, 0.15) is 36.5 Å². The van der Waals surface area contributed by atoms with Gasteiger partial charge in [-0.1, -0.05) is 0 Å². The molecule has 2 heterocycles. The summed E-state index contributed by atoms with van der Waals surface area (Å²) in [7, 11) is 0. The quantitative estimate of drug-likeness (QED) is 0.845. The first-order chi connectivity index (χ1) is 10.4. The molecular weight excluding hydrogens is 292 g/mol. The first kappa shape index (κ1) is 14.8. The Bertz CT molecular complexity index is 714. The van der Waals surface area contributed by atoms with Crippen LogP contribution >= 0.6 is 0 Å². The first-order valence-electron chi connectivity index (χ1n) is 7.14. The SMILES string of the molecule is CC(=O)c1cnn2ccc(N[C@@H]3CCCC(F)(F)[C@@H]3N)nc12. The second-order valence-electron chi connectivity index (χ2n) is 5.63. The van der Waals surface area contributed by atoms with Gasteiger partial charge in [-0.2, -0.15) is 5.10 Å². The fourth-order valence-electron chi connectivity index (χ4n) is 2.75. The smallest absolute Gasteiger partial charge is 0.264 e. The lowest BCUT2D eigenvalue weighted by Crippen LogP contribution is -2.55. The highest BCUT2D eigenvalue weighted by molar-refractivity contribution is 5.99. The van der Waals surface area contributed by atoms with Crippen molar-refractivity contribution in [1.29, 1.82) is 0 Å². The fraction of sp³-hybridized carbons (Fsp3) is 0.500. The molecule has 1 aliphatic carbocycles. The largest absolute Gasteiger partial charge is 0.365 e. The van der Waals surface area contributed by atoms with E-state index >= 15 is 0 Å². The van der Waals surface area contributed by atoms with Crippen LogP contribution in [0.3, 0.4) is 0 Å².